The van der Waals surface area contributed by atoms with Crippen molar-refractivity contribution in [2.24, 2.45) is 0 Å². The topological polar surface area (TPSA) is 44.9 Å². The molecule has 0 saturated heterocycles. The van der Waals surface area contributed by atoms with Gasteiger partial charge in [-0.25, -0.2) is 4.98 Å². The molecule has 4 nitrogen and oxygen atoms in total. The van der Waals surface area contributed by atoms with Crippen LogP contribution in [0.3, 0.4) is 0 Å². The standard InChI is InChI=1S/C22H24N4/c1-4-10-26-16(3)15(2)20-12-19(13-23)24-22(21(20)26)25-11-9-17-7-5-6-8-18(17)14-25/h5-8,12H,4,9-11,14H2,1-3H3. The Morgan fingerprint density at radius 1 is 1.19 bits per heavy atom. The lowest BCUT2D eigenvalue weighted by Gasteiger charge is -2.30. The van der Waals surface area contributed by atoms with E-state index >= 15 is 0 Å². The van der Waals surface area contributed by atoms with Crippen LogP contribution in [0.4, 0.5) is 5.82 Å². The van der Waals surface area contributed by atoms with Crippen LogP contribution < -0.4 is 4.90 Å². The van der Waals surface area contributed by atoms with Gasteiger partial charge in [0.1, 0.15) is 11.8 Å². The minimum atomic E-state index is 0.503. The van der Waals surface area contributed by atoms with Crippen LogP contribution >= 0.6 is 0 Å². The molecule has 4 heteroatoms. The van der Waals surface area contributed by atoms with E-state index in [1.807, 2.05) is 6.07 Å². The Labute approximate surface area is 154 Å². The van der Waals surface area contributed by atoms with Gasteiger partial charge in [-0.2, -0.15) is 5.26 Å². The summed E-state index contributed by atoms with van der Waals surface area (Å²) in [7, 11) is 0. The number of aromatic nitrogens is 2. The summed E-state index contributed by atoms with van der Waals surface area (Å²) >= 11 is 0. The van der Waals surface area contributed by atoms with Crippen LogP contribution in [0.5, 0.6) is 0 Å². The molecular formula is C22H24N4. The quantitative estimate of drug-likeness (QED) is 0.703. The molecule has 0 N–H and O–H groups in total. The number of rotatable bonds is 3. The maximum Gasteiger partial charge on any atom is 0.155 e. The number of pyridine rings is 1. The molecule has 0 unspecified atom stereocenters. The van der Waals surface area contributed by atoms with E-state index < -0.39 is 0 Å². The first-order chi connectivity index (χ1) is 12.6. The molecule has 0 atom stereocenters. The van der Waals surface area contributed by atoms with Crippen LogP contribution in [-0.2, 0) is 19.5 Å². The number of fused-ring (bicyclic) bond motifs is 2. The van der Waals surface area contributed by atoms with E-state index in [2.05, 4.69) is 60.6 Å². The van der Waals surface area contributed by atoms with E-state index in [0.29, 0.717) is 5.69 Å². The normalized spacial score (nSPS) is 13.7. The summed E-state index contributed by atoms with van der Waals surface area (Å²) in [4.78, 5) is 7.10. The summed E-state index contributed by atoms with van der Waals surface area (Å²) in [5.41, 5.74) is 7.00. The lowest BCUT2D eigenvalue weighted by atomic mass is 10.00. The van der Waals surface area contributed by atoms with Crippen molar-refractivity contribution >= 4 is 16.7 Å². The minimum Gasteiger partial charge on any atom is -0.350 e. The van der Waals surface area contributed by atoms with Crippen LogP contribution in [0.25, 0.3) is 10.9 Å². The predicted molar refractivity (Wildman–Crippen MR) is 105 cm³/mol. The van der Waals surface area contributed by atoms with Crippen molar-refractivity contribution in [1.82, 2.24) is 9.55 Å². The molecule has 132 valence electrons. The van der Waals surface area contributed by atoms with Crippen molar-refractivity contribution in [3.63, 3.8) is 0 Å². The van der Waals surface area contributed by atoms with Crippen LogP contribution in [0.2, 0.25) is 0 Å². The fourth-order valence-corrected chi connectivity index (χ4v) is 4.10. The Bertz CT molecular complexity index is 1020. The summed E-state index contributed by atoms with van der Waals surface area (Å²) in [5.74, 6) is 0.957. The van der Waals surface area contributed by atoms with Crippen molar-refractivity contribution in [2.75, 3.05) is 11.4 Å². The summed E-state index contributed by atoms with van der Waals surface area (Å²) in [6.07, 6.45) is 2.09. The van der Waals surface area contributed by atoms with Crippen molar-refractivity contribution in [3.8, 4) is 6.07 Å². The highest BCUT2D eigenvalue weighted by atomic mass is 15.2. The van der Waals surface area contributed by atoms with E-state index in [9.17, 15) is 5.26 Å². The summed E-state index contributed by atoms with van der Waals surface area (Å²) in [5, 5.41) is 10.7. The molecule has 0 amide bonds. The van der Waals surface area contributed by atoms with Gasteiger partial charge >= 0.3 is 0 Å². The molecule has 1 aliphatic rings. The average molecular weight is 344 g/mol. The van der Waals surface area contributed by atoms with Crippen molar-refractivity contribution in [3.05, 3.63) is 58.4 Å². The molecule has 0 bridgehead atoms. The van der Waals surface area contributed by atoms with Crippen molar-refractivity contribution in [2.45, 2.75) is 46.7 Å². The third-order valence-electron chi connectivity index (χ3n) is 5.59. The van der Waals surface area contributed by atoms with Crippen molar-refractivity contribution < 1.29 is 0 Å². The van der Waals surface area contributed by atoms with Crippen molar-refractivity contribution in [1.29, 1.82) is 5.26 Å². The molecular weight excluding hydrogens is 320 g/mol. The second-order valence-corrected chi connectivity index (χ2v) is 7.14. The van der Waals surface area contributed by atoms with Gasteiger partial charge in [-0.1, -0.05) is 31.2 Å². The van der Waals surface area contributed by atoms with Gasteiger partial charge in [-0.15, -0.1) is 0 Å². The number of hydrogen-bond donors (Lipinski definition) is 0. The molecule has 0 spiro atoms. The maximum absolute atomic E-state index is 9.51. The second kappa shape index (κ2) is 6.49. The molecule has 3 aromatic rings. The van der Waals surface area contributed by atoms with Gasteiger partial charge in [0.25, 0.3) is 0 Å². The number of hydrogen-bond acceptors (Lipinski definition) is 3. The molecule has 0 radical (unpaired) electrons. The average Bonchev–Trinajstić information content (AvgIpc) is 2.92. The third-order valence-corrected chi connectivity index (χ3v) is 5.59. The molecule has 3 heterocycles. The number of anilines is 1. The van der Waals surface area contributed by atoms with Crippen LogP contribution in [0.1, 0.15) is 41.4 Å². The Morgan fingerprint density at radius 3 is 2.69 bits per heavy atom. The number of benzene rings is 1. The van der Waals surface area contributed by atoms with E-state index in [-0.39, 0.29) is 0 Å². The van der Waals surface area contributed by atoms with E-state index in [4.69, 9.17) is 4.98 Å². The molecule has 26 heavy (non-hydrogen) atoms. The molecule has 0 aliphatic carbocycles. The monoisotopic (exact) mass is 344 g/mol. The number of aryl methyl sites for hydroxylation is 2. The van der Waals surface area contributed by atoms with E-state index in [0.717, 1.165) is 43.7 Å². The fraction of sp³-hybridized carbons (Fsp3) is 0.364. The highest BCUT2D eigenvalue weighted by molar-refractivity contribution is 5.94. The third kappa shape index (κ3) is 2.55. The molecule has 2 aromatic heterocycles. The smallest absolute Gasteiger partial charge is 0.155 e. The van der Waals surface area contributed by atoms with Crippen LogP contribution in [0.15, 0.2) is 30.3 Å². The summed E-state index contributed by atoms with van der Waals surface area (Å²) < 4.78 is 2.38. The summed E-state index contributed by atoms with van der Waals surface area (Å²) in [6.45, 7) is 9.29. The zero-order valence-electron chi connectivity index (χ0n) is 15.7. The molecule has 0 fully saturated rings. The highest BCUT2D eigenvalue weighted by Crippen LogP contribution is 2.34. The lowest BCUT2D eigenvalue weighted by molar-refractivity contribution is 0.675. The lowest BCUT2D eigenvalue weighted by Crippen LogP contribution is -2.31. The van der Waals surface area contributed by atoms with Crippen LogP contribution in [-0.4, -0.2) is 16.1 Å². The zero-order valence-corrected chi connectivity index (χ0v) is 15.7. The number of nitrogens with zero attached hydrogens (tertiary/aromatic N) is 4. The Balaban J connectivity index is 1.92. The van der Waals surface area contributed by atoms with Gasteiger partial charge in [0, 0.05) is 30.7 Å². The van der Waals surface area contributed by atoms with Gasteiger partial charge in [0.05, 0.1) is 5.52 Å². The Kier molecular flexibility index (Phi) is 4.16. The van der Waals surface area contributed by atoms with Gasteiger partial charge < -0.3 is 9.47 Å². The largest absolute Gasteiger partial charge is 0.350 e. The van der Waals surface area contributed by atoms with Gasteiger partial charge in [0.2, 0.25) is 0 Å². The molecule has 1 aromatic carbocycles. The SMILES string of the molecule is CCCn1c(C)c(C)c2cc(C#N)nc(N3CCc4ccccc4C3)c21. The van der Waals surface area contributed by atoms with E-state index in [1.165, 1.54) is 27.9 Å². The molecule has 4 rings (SSSR count). The summed E-state index contributed by atoms with van der Waals surface area (Å²) in [6, 6.07) is 12.8. The Morgan fingerprint density at radius 2 is 1.96 bits per heavy atom. The minimum absolute atomic E-state index is 0.503. The van der Waals surface area contributed by atoms with Gasteiger partial charge in [0.15, 0.2) is 5.82 Å². The molecule has 0 saturated carbocycles. The second-order valence-electron chi connectivity index (χ2n) is 7.14. The van der Waals surface area contributed by atoms with Crippen LogP contribution in [0, 0.1) is 25.2 Å². The van der Waals surface area contributed by atoms with Gasteiger partial charge in [-0.05, 0) is 49.4 Å². The first-order valence-corrected chi connectivity index (χ1v) is 9.36. The highest BCUT2D eigenvalue weighted by Gasteiger charge is 2.23. The van der Waals surface area contributed by atoms with E-state index in [1.54, 1.807) is 0 Å². The fourth-order valence-electron chi connectivity index (χ4n) is 4.10. The molecule has 1 aliphatic heterocycles. The van der Waals surface area contributed by atoms with Gasteiger partial charge in [-0.3, -0.25) is 0 Å². The Hall–Kier alpha value is -2.80. The number of nitriles is 1. The maximum atomic E-state index is 9.51. The first-order valence-electron chi connectivity index (χ1n) is 9.36. The zero-order chi connectivity index (χ0) is 18.3. The predicted octanol–water partition coefficient (Wildman–Crippen LogP) is 4.50. The first kappa shape index (κ1) is 16.7.